The quantitative estimate of drug-likeness (QED) is 0.649. The topological polar surface area (TPSA) is 0 Å². The summed E-state index contributed by atoms with van der Waals surface area (Å²) in [5.41, 5.74) is 4.40. The van der Waals surface area contributed by atoms with Gasteiger partial charge in [-0.15, -0.1) is 11.8 Å². The molecule has 0 radical (unpaired) electrons. The van der Waals surface area contributed by atoms with Gasteiger partial charge in [-0.1, -0.05) is 32.0 Å². The minimum Gasteiger partial charge on any atom is -0.107 e. The van der Waals surface area contributed by atoms with Crippen LogP contribution in [0.4, 0.5) is 0 Å². The summed E-state index contributed by atoms with van der Waals surface area (Å²) in [5.74, 6) is 6.09. The van der Waals surface area contributed by atoms with Gasteiger partial charge in [0.1, 0.15) is 0 Å². The molecule has 0 aromatic heterocycles. The summed E-state index contributed by atoms with van der Waals surface area (Å²) in [6.45, 7) is 6.33. The Labute approximate surface area is 93.7 Å². The van der Waals surface area contributed by atoms with Crippen molar-refractivity contribution in [3.8, 4) is 11.8 Å². The first-order valence-electron chi connectivity index (χ1n) is 5.82. The molecule has 0 heteroatoms. The molecule has 0 aliphatic heterocycles. The maximum absolute atomic E-state index is 3.14. The predicted molar refractivity (Wildman–Crippen MR) is 67.0 cm³/mol. The summed E-state index contributed by atoms with van der Waals surface area (Å²) in [7, 11) is 0. The summed E-state index contributed by atoms with van der Waals surface area (Å²) in [6.07, 6.45) is 4.32. The molecule has 1 rings (SSSR count). The number of aryl methyl sites for hydroxylation is 3. The van der Waals surface area contributed by atoms with E-state index in [0.717, 1.165) is 25.7 Å². The van der Waals surface area contributed by atoms with Gasteiger partial charge >= 0.3 is 0 Å². The highest BCUT2D eigenvalue weighted by molar-refractivity contribution is 5.32. The first-order valence-corrected chi connectivity index (χ1v) is 5.82. The van der Waals surface area contributed by atoms with E-state index in [0.29, 0.717) is 0 Å². The Kier molecular flexibility index (Phi) is 4.98. The SMILES string of the molecule is CC#CCCc1cc(CC)ccc1CC. The monoisotopic (exact) mass is 200 g/mol. The van der Waals surface area contributed by atoms with Gasteiger partial charge in [-0.2, -0.15) is 0 Å². The summed E-state index contributed by atoms with van der Waals surface area (Å²) in [6, 6.07) is 6.86. The lowest BCUT2D eigenvalue weighted by molar-refractivity contribution is 0.966. The van der Waals surface area contributed by atoms with Crippen molar-refractivity contribution in [1.29, 1.82) is 0 Å². The maximum Gasteiger partial charge on any atom is 0.0129 e. The molecule has 0 atom stereocenters. The van der Waals surface area contributed by atoms with E-state index in [4.69, 9.17) is 0 Å². The molecule has 0 aliphatic rings. The number of hydrogen-bond donors (Lipinski definition) is 0. The van der Waals surface area contributed by atoms with Gasteiger partial charge in [-0.3, -0.25) is 0 Å². The van der Waals surface area contributed by atoms with E-state index in [-0.39, 0.29) is 0 Å². The van der Waals surface area contributed by atoms with Crippen molar-refractivity contribution in [2.24, 2.45) is 0 Å². The summed E-state index contributed by atoms with van der Waals surface area (Å²) >= 11 is 0. The highest BCUT2D eigenvalue weighted by Crippen LogP contribution is 2.15. The second kappa shape index (κ2) is 6.30. The lowest BCUT2D eigenvalue weighted by Gasteiger charge is -2.08. The van der Waals surface area contributed by atoms with Crippen LogP contribution < -0.4 is 0 Å². The molecule has 0 spiro atoms. The molecule has 1 aromatic rings. The van der Waals surface area contributed by atoms with E-state index in [1.807, 2.05) is 6.92 Å². The fraction of sp³-hybridized carbons (Fsp3) is 0.467. The van der Waals surface area contributed by atoms with Gasteiger partial charge in [0.25, 0.3) is 0 Å². The van der Waals surface area contributed by atoms with Crippen molar-refractivity contribution in [3.63, 3.8) is 0 Å². The van der Waals surface area contributed by atoms with Gasteiger partial charge in [0.15, 0.2) is 0 Å². The van der Waals surface area contributed by atoms with E-state index in [9.17, 15) is 0 Å². The third kappa shape index (κ3) is 3.44. The molecule has 1 aromatic carbocycles. The van der Waals surface area contributed by atoms with Gasteiger partial charge in [0.05, 0.1) is 0 Å². The van der Waals surface area contributed by atoms with E-state index in [1.54, 1.807) is 0 Å². The lowest BCUT2D eigenvalue weighted by atomic mass is 9.97. The Balaban J connectivity index is 2.84. The first-order chi connectivity index (χ1) is 7.31. The molecular formula is C15H20. The fourth-order valence-electron chi connectivity index (χ4n) is 1.80. The Hall–Kier alpha value is -1.22. The zero-order chi connectivity index (χ0) is 11.1. The molecule has 0 unspecified atom stereocenters. The largest absolute Gasteiger partial charge is 0.107 e. The first kappa shape index (κ1) is 11.9. The lowest BCUT2D eigenvalue weighted by Crippen LogP contribution is -1.94. The van der Waals surface area contributed by atoms with Crippen molar-refractivity contribution < 1.29 is 0 Å². The standard InChI is InChI=1S/C15H20/c1-4-7-8-9-15-12-13(5-2)10-11-14(15)6-3/h10-12H,5-6,8-9H2,1-3H3. The fourth-order valence-corrected chi connectivity index (χ4v) is 1.80. The van der Waals surface area contributed by atoms with Gasteiger partial charge in [-0.25, -0.2) is 0 Å². The van der Waals surface area contributed by atoms with Crippen molar-refractivity contribution in [2.45, 2.75) is 46.5 Å². The van der Waals surface area contributed by atoms with Crippen molar-refractivity contribution >= 4 is 0 Å². The smallest absolute Gasteiger partial charge is 0.0129 e. The van der Waals surface area contributed by atoms with E-state index < -0.39 is 0 Å². The third-order valence-electron chi connectivity index (χ3n) is 2.76. The van der Waals surface area contributed by atoms with Crippen LogP contribution in [0, 0.1) is 11.8 Å². The van der Waals surface area contributed by atoms with Crippen LogP contribution in [0.5, 0.6) is 0 Å². The zero-order valence-corrected chi connectivity index (χ0v) is 10.1. The normalized spacial score (nSPS) is 9.53. The van der Waals surface area contributed by atoms with Gasteiger partial charge in [-0.05, 0) is 42.9 Å². The van der Waals surface area contributed by atoms with Crippen LogP contribution in [0.25, 0.3) is 0 Å². The summed E-state index contributed by atoms with van der Waals surface area (Å²) in [4.78, 5) is 0. The zero-order valence-electron chi connectivity index (χ0n) is 10.1. The highest BCUT2D eigenvalue weighted by Gasteiger charge is 2.01. The number of rotatable bonds is 4. The Bertz CT molecular complexity index is 363. The molecule has 0 saturated heterocycles. The summed E-state index contributed by atoms with van der Waals surface area (Å²) in [5, 5.41) is 0. The third-order valence-corrected chi connectivity index (χ3v) is 2.76. The number of benzene rings is 1. The van der Waals surface area contributed by atoms with Crippen LogP contribution in [0.2, 0.25) is 0 Å². The molecule has 0 amide bonds. The Morgan fingerprint density at radius 2 is 1.87 bits per heavy atom. The molecule has 0 heterocycles. The van der Waals surface area contributed by atoms with Crippen molar-refractivity contribution in [3.05, 3.63) is 34.9 Å². The van der Waals surface area contributed by atoms with Crippen LogP contribution in [-0.4, -0.2) is 0 Å². The Morgan fingerprint density at radius 1 is 1.07 bits per heavy atom. The van der Waals surface area contributed by atoms with Crippen molar-refractivity contribution in [2.75, 3.05) is 0 Å². The molecular weight excluding hydrogens is 180 g/mol. The second-order valence-corrected chi connectivity index (χ2v) is 3.74. The molecule has 15 heavy (non-hydrogen) atoms. The van der Waals surface area contributed by atoms with Gasteiger partial charge < -0.3 is 0 Å². The molecule has 80 valence electrons. The molecule has 0 saturated carbocycles. The minimum absolute atomic E-state index is 0.983. The Morgan fingerprint density at radius 3 is 2.47 bits per heavy atom. The number of hydrogen-bond acceptors (Lipinski definition) is 0. The molecule has 0 nitrogen and oxygen atoms in total. The predicted octanol–water partition coefficient (Wildman–Crippen LogP) is 3.77. The molecule has 0 N–H and O–H groups in total. The van der Waals surface area contributed by atoms with Gasteiger partial charge in [0, 0.05) is 6.42 Å². The van der Waals surface area contributed by atoms with Crippen LogP contribution in [0.15, 0.2) is 18.2 Å². The van der Waals surface area contributed by atoms with Crippen molar-refractivity contribution in [1.82, 2.24) is 0 Å². The molecule has 0 bridgehead atoms. The minimum atomic E-state index is 0.983. The molecule has 0 aliphatic carbocycles. The van der Waals surface area contributed by atoms with E-state index in [2.05, 4.69) is 43.9 Å². The van der Waals surface area contributed by atoms with E-state index in [1.165, 1.54) is 16.7 Å². The highest BCUT2D eigenvalue weighted by atomic mass is 14.1. The molecule has 0 fully saturated rings. The summed E-state index contributed by atoms with van der Waals surface area (Å²) < 4.78 is 0. The van der Waals surface area contributed by atoms with Crippen LogP contribution >= 0.6 is 0 Å². The van der Waals surface area contributed by atoms with E-state index >= 15 is 0 Å². The average Bonchev–Trinajstić information content (AvgIpc) is 2.29. The van der Waals surface area contributed by atoms with Crippen LogP contribution in [0.1, 0.15) is 43.9 Å². The van der Waals surface area contributed by atoms with Gasteiger partial charge in [0.2, 0.25) is 0 Å². The maximum atomic E-state index is 3.14. The second-order valence-electron chi connectivity index (χ2n) is 3.74. The van der Waals surface area contributed by atoms with Crippen LogP contribution in [0.3, 0.4) is 0 Å². The average molecular weight is 200 g/mol. The van der Waals surface area contributed by atoms with Crippen LogP contribution in [-0.2, 0) is 19.3 Å².